The Labute approximate surface area is 97.7 Å². The number of ketones is 1. The van der Waals surface area contributed by atoms with Gasteiger partial charge in [0, 0.05) is 18.3 Å². The summed E-state index contributed by atoms with van der Waals surface area (Å²) in [6.45, 7) is 4.32. The van der Waals surface area contributed by atoms with Gasteiger partial charge in [0.2, 0.25) is 5.78 Å². The fourth-order valence-corrected chi connectivity index (χ4v) is 1.90. The molecule has 1 heterocycles. The van der Waals surface area contributed by atoms with Gasteiger partial charge < -0.3 is 4.98 Å². The molecule has 0 fully saturated rings. The van der Waals surface area contributed by atoms with E-state index >= 15 is 0 Å². The maximum absolute atomic E-state index is 12.1. The third-order valence-corrected chi connectivity index (χ3v) is 2.91. The summed E-state index contributed by atoms with van der Waals surface area (Å²) in [6, 6.07) is 0. The molecule has 0 amide bonds. The Balaban J connectivity index is 2.56. The Morgan fingerprint density at radius 3 is 2.38 bits per heavy atom. The van der Waals surface area contributed by atoms with Crippen LogP contribution in [0.15, 0.2) is 12.4 Å². The lowest BCUT2D eigenvalue weighted by atomic mass is 9.91. The molecule has 1 rings (SSSR count). The first-order chi connectivity index (χ1) is 7.79. The molecular weight excluding hydrogens is 200 g/mol. The van der Waals surface area contributed by atoms with Crippen LogP contribution in [-0.4, -0.2) is 15.8 Å². The minimum atomic E-state index is 0.158. The maximum Gasteiger partial charge on any atom is 0.201 e. The first-order valence-corrected chi connectivity index (χ1v) is 6.33. The van der Waals surface area contributed by atoms with Crippen LogP contribution in [0.1, 0.15) is 63.0 Å². The normalized spacial score (nSPS) is 10.9. The second kappa shape index (κ2) is 7.20. The van der Waals surface area contributed by atoms with Gasteiger partial charge in [-0.15, -0.1) is 0 Å². The molecule has 0 unspecified atom stereocenters. The molecule has 1 N–H and O–H groups in total. The van der Waals surface area contributed by atoms with Gasteiger partial charge in [-0.3, -0.25) is 4.79 Å². The summed E-state index contributed by atoms with van der Waals surface area (Å²) in [4.78, 5) is 19.1. The zero-order valence-electron chi connectivity index (χ0n) is 10.3. The summed E-state index contributed by atoms with van der Waals surface area (Å²) >= 11 is 0. The van der Waals surface area contributed by atoms with E-state index in [0.717, 1.165) is 38.5 Å². The van der Waals surface area contributed by atoms with E-state index in [1.54, 1.807) is 12.4 Å². The molecule has 0 aliphatic carbocycles. The largest absolute Gasteiger partial charge is 0.342 e. The topological polar surface area (TPSA) is 45.8 Å². The number of carbonyl (C=O) groups excluding carboxylic acids is 1. The number of nitrogens with zero attached hydrogens (tertiary/aromatic N) is 1. The Hall–Kier alpha value is -1.12. The number of carbonyl (C=O) groups is 1. The van der Waals surface area contributed by atoms with Crippen molar-refractivity contribution in [2.24, 2.45) is 5.92 Å². The van der Waals surface area contributed by atoms with Crippen LogP contribution >= 0.6 is 0 Å². The van der Waals surface area contributed by atoms with Crippen molar-refractivity contribution in [3.8, 4) is 0 Å². The van der Waals surface area contributed by atoms with Crippen LogP contribution < -0.4 is 0 Å². The van der Waals surface area contributed by atoms with Crippen LogP contribution in [0.5, 0.6) is 0 Å². The number of aromatic amines is 1. The van der Waals surface area contributed by atoms with Gasteiger partial charge in [0.1, 0.15) is 0 Å². The first-order valence-electron chi connectivity index (χ1n) is 6.33. The van der Waals surface area contributed by atoms with E-state index < -0.39 is 0 Å². The molecule has 0 saturated carbocycles. The fraction of sp³-hybridized carbons (Fsp3) is 0.692. The Morgan fingerprint density at radius 1 is 1.31 bits per heavy atom. The molecule has 0 saturated heterocycles. The predicted molar refractivity (Wildman–Crippen MR) is 65.5 cm³/mol. The lowest BCUT2D eigenvalue weighted by Crippen LogP contribution is -2.16. The Kier molecular flexibility index (Phi) is 5.83. The molecule has 0 aliphatic heterocycles. The molecular formula is C13H22N2O. The maximum atomic E-state index is 12.1. The van der Waals surface area contributed by atoms with Crippen LogP contribution in [0.4, 0.5) is 0 Å². The number of unbranched alkanes of at least 4 members (excludes halogenated alkanes) is 2. The van der Waals surface area contributed by atoms with Crippen LogP contribution in [0.3, 0.4) is 0 Å². The summed E-state index contributed by atoms with van der Waals surface area (Å²) in [5, 5.41) is 0. The van der Waals surface area contributed by atoms with Crippen LogP contribution in [0.2, 0.25) is 0 Å². The highest BCUT2D eigenvalue weighted by Crippen LogP contribution is 2.19. The highest BCUT2D eigenvalue weighted by molar-refractivity contribution is 5.94. The van der Waals surface area contributed by atoms with Crippen molar-refractivity contribution in [1.29, 1.82) is 0 Å². The first kappa shape index (κ1) is 12.9. The van der Waals surface area contributed by atoms with Gasteiger partial charge in [0.05, 0.1) is 0 Å². The molecule has 1 aromatic rings. The second-order valence-corrected chi connectivity index (χ2v) is 4.28. The van der Waals surface area contributed by atoms with E-state index in [1.165, 1.54) is 0 Å². The fourth-order valence-electron chi connectivity index (χ4n) is 1.90. The van der Waals surface area contributed by atoms with Crippen molar-refractivity contribution >= 4 is 5.78 Å². The molecule has 90 valence electrons. The van der Waals surface area contributed by atoms with Crippen molar-refractivity contribution in [1.82, 2.24) is 9.97 Å². The van der Waals surface area contributed by atoms with E-state index in [9.17, 15) is 4.79 Å². The van der Waals surface area contributed by atoms with Gasteiger partial charge in [-0.1, -0.05) is 39.5 Å². The van der Waals surface area contributed by atoms with Crippen molar-refractivity contribution in [2.75, 3.05) is 0 Å². The summed E-state index contributed by atoms with van der Waals surface area (Å²) in [6.07, 6.45) is 9.89. The molecule has 1 aromatic heterocycles. The van der Waals surface area contributed by atoms with Gasteiger partial charge in [-0.25, -0.2) is 4.98 Å². The zero-order chi connectivity index (χ0) is 11.8. The van der Waals surface area contributed by atoms with Crippen LogP contribution in [0, 0.1) is 5.92 Å². The van der Waals surface area contributed by atoms with E-state index in [2.05, 4.69) is 23.8 Å². The zero-order valence-corrected chi connectivity index (χ0v) is 10.3. The molecule has 0 spiro atoms. The number of hydrogen-bond donors (Lipinski definition) is 1. The van der Waals surface area contributed by atoms with Crippen LogP contribution in [0.25, 0.3) is 0 Å². The summed E-state index contributed by atoms with van der Waals surface area (Å²) in [7, 11) is 0. The molecule has 3 heteroatoms. The lowest BCUT2D eigenvalue weighted by Gasteiger charge is -2.13. The molecule has 0 aromatic carbocycles. The van der Waals surface area contributed by atoms with E-state index in [0.29, 0.717) is 5.82 Å². The predicted octanol–water partition coefficient (Wildman–Crippen LogP) is 3.59. The third kappa shape index (κ3) is 3.80. The second-order valence-electron chi connectivity index (χ2n) is 4.28. The summed E-state index contributed by atoms with van der Waals surface area (Å²) in [5.74, 6) is 0.871. The van der Waals surface area contributed by atoms with Crippen molar-refractivity contribution in [3.63, 3.8) is 0 Å². The summed E-state index contributed by atoms with van der Waals surface area (Å²) < 4.78 is 0. The highest BCUT2D eigenvalue weighted by atomic mass is 16.1. The van der Waals surface area contributed by atoms with E-state index in [-0.39, 0.29) is 11.7 Å². The average molecular weight is 222 g/mol. The molecule has 0 radical (unpaired) electrons. The van der Waals surface area contributed by atoms with E-state index in [1.807, 2.05) is 0 Å². The van der Waals surface area contributed by atoms with Gasteiger partial charge in [0.15, 0.2) is 5.82 Å². The minimum absolute atomic E-state index is 0.158. The molecule has 16 heavy (non-hydrogen) atoms. The number of H-pyrrole nitrogens is 1. The van der Waals surface area contributed by atoms with Crippen molar-refractivity contribution in [3.05, 3.63) is 18.2 Å². The standard InChI is InChI=1S/C13H22N2O/c1-3-5-7-11(8-6-4-2)12(16)13-14-9-10-15-13/h9-11H,3-8H2,1-2H3,(H,14,15). The quantitative estimate of drug-likeness (QED) is 0.683. The number of aromatic nitrogens is 2. The number of nitrogens with one attached hydrogen (secondary N) is 1. The lowest BCUT2D eigenvalue weighted by molar-refractivity contribution is 0.0893. The highest BCUT2D eigenvalue weighted by Gasteiger charge is 2.20. The molecule has 3 nitrogen and oxygen atoms in total. The van der Waals surface area contributed by atoms with Gasteiger partial charge in [-0.05, 0) is 12.8 Å². The smallest absolute Gasteiger partial charge is 0.201 e. The number of Topliss-reactive ketones (excluding diaryl/α,β-unsaturated/α-hetero) is 1. The van der Waals surface area contributed by atoms with Gasteiger partial charge >= 0.3 is 0 Å². The number of imidazole rings is 1. The number of rotatable bonds is 8. The Bertz CT molecular complexity index is 285. The number of hydrogen-bond acceptors (Lipinski definition) is 2. The van der Waals surface area contributed by atoms with Crippen LogP contribution in [-0.2, 0) is 0 Å². The molecule has 0 aliphatic rings. The van der Waals surface area contributed by atoms with E-state index in [4.69, 9.17) is 0 Å². The Morgan fingerprint density at radius 2 is 1.94 bits per heavy atom. The van der Waals surface area contributed by atoms with Crippen molar-refractivity contribution in [2.45, 2.75) is 52.4 Å². The van der Waals surface area contributed by atoms with Crippen molar-refractivity contribution < 1.29 is 4.79 Å². The van der Waals surface area contributed by atoms with Gasteiger partial charge in [-0.2, -0.15) is 0 Å². The molecule has 0 atom stereocenters. The SMILES string of the molecule is CCCCC(CCCC)C(=O)c1ncc[nH]1. The minimum Gasteiger partial charge on any atom is -0.342 e. The molecule has 0 bridgehead atoms. The average Bonchev–Trinajstić information content (AvgIpc) is 2.82. The monoisotopic (exact) mass is 222 g/mol. The summed E-state index contributed by atoms with van der Waals surface area (Å²) in [5.41, 5.74) is 0. The third-order valence-electron chi connectivity index (χ3n) is 2.91. The van der Waals surface area contributed by atoms with Gasteiger partial charge in [0.25, 0.3) is 0 Å².